The molecule has 1 aliphatic rings. The molecule has 27 heavy (non-hydrogen) atoms. The number of aromatic nitrogens is 2. The first-order valence-corrected chi connectivity index (χ1v) is 10.1. The number of likely N-dealkylation sites (tertiary alicyclic amines) is 1. The van der Waals surface area contributed by atoms with E-state index in [1.807, 2.05) is 60.3 Å². The second-order valence-electron chi connectivity index (χ2n) is 6.84. The van der Waals surface area contributed by atoms with Gasteiger partial charge in [-0.1, -0.05) is 18.2 Å². The number of hydrogen-bond donors (Lipinski definition) is 1. The highest BCUT2D eigenvalue weighted by molar-refractivity contribution is 7.07. The molecule has 3 heterocycles. The Kier molecular flexibility index (Phi) is 5.27. The zero-order valence-corrected chi connectivity index (χ0v) is 16.1. The van der Waals surface area contributed by atoms with Crippen molar-refractivity contribution in [3.05, 3.63) is 64.7 Å². The van der Waals surface area contributed by atoms with Crippen molar-refractivity contribution in [1.29, 1.82) is 0 Å². The molecule has 1 amide bonds. The zero-order valence-electron chi connectivity index (χ0n) is 15.3. The maximum absolute atomic E-state index is 12.8. The van der Waals surface area contributed by atoms with E-state index in [9.17, 15) is 4.79 Å². The van der Waals surface area contributed by atoms with E-state index in [1.165, 1.54) is 0 Å². The monoisotopic (exact) mass is 378 g/mol. The summed E-state index contributed by atoms with van der Waals surface area (Å²) in [4.78, 5) is 23.9. The first-order valence-electron chi connectivity index (χ1n) is 9.15. The van der Waals surface area contributed by atoms with Crippen molar-refractivity contribution in [3.63, 3.8) is 0 Å². The number of anilines is 1. The van der Waals surface area contributed by atoms with Crippen LogP contribution in [-0.2, 0) is 11.3 Å². The Balaban J connectivity index is 1.41. The lowest BCUT2D eigenvalue weighted by atomic mass is 10.1. The Hall–Kier alpha value is -2.57. The zero-order chi connectivity index (χ0) is 18.6. The van der Waals surface area contributed by atoms with Crippen LogP contribution in [0.2, 0.25) is 0 Å². The van der Waals surface area contributed by atoms with Crippen LogP contribution in [0.15, 0.2) is 53.4 Å². The number of nitrogens with zero attached hydrogens (tertiary/aromatic N) is 3. The maximum Gasteiger partial charge on any atom is 0.241 e. The van der Waals surface area contributed by atoms with E-state index in [0.29, 0.717) is 6.54 Å². The van der Waals surface area contributed by atoms with E-state index >= 15 is 0 Å². The van der Waals surface area contributed by atoms with Gasteiger partial charge in [-0.15, -0.1) is 11.3 Å². The number of carbonyl (C=O) groups is 1. The average Bonchev–Trinajstić information content (AvgIpc) is 3.34. The van der Waals surface area contributed by atoms with Gasteiger partial charge in [-0.05, 0) is 50.6 Å². The second-order valence-corrected chi connectivity index (χ2v) is 7.56. The Labute approximate surface area is 163 Å². The summed E-state index contributed by atoms with van der Waals surface area (Å²) in [5, 5.41) is 5.08. The van der Waals surface area contributed by atoms with Gasteiger partial charge < -0.3 is 5.32 Å². The van der Waals surface area contributed by atoms with Crippen LogP contribution in [0.25, 0.3) is 11.3 Å². The fraction of sp³-hybridized carbons (Fsp3) is 0.286. The van der Waals surface area contributed by atoms with Gasteiger partial charge in [-0.2, -0.15) is 0 Å². The molecule has 0 aliphatic carbocycles. The van der Waals surface area contributed by atoms with Crippen molar-refractivity contribution in [3.8, 4) is 11.3 Å². The van der Waals surface area contributed by atoms with Crippen LogP contribution in [0.5, 0.6) is 0 Å². The number of thiazole rings is 1. The first-order chi connectivity index (χ1) is 13.2. The second kappa shape index (κ2) is 7.98. The van der Waals surface area contributed by atoms with Gasteiger partial charge in [0, 0.05) is 28.9 Å². The van der Waals surface area contributed by atoms with E-state index in [2.05, 4.69) is 20.2 Å². The molecular formula is C21H22N4OS. The minimum absolute atomic E-state index is 0.0570. The summed E-state index contributed by atoms with van der Waals surface area (Å²) in [6, 6.07) is 13.8. The molecule has 6 heteroatoms. The fourth-order valence-electron chi connectivity index (χ4n) is 3.51. The van der Waals surface area contributed by atoms with Crippen molar-refractivity contribution in [2.75, 3.05) is 11.9 Å². The largest absolute Gasteiger partial charge is 0.325 e. The molecular weight excluding hydrogens is 356 g/mol. The molecule has 1 aliphatic heterocycles. The molecule has 1 atom stereocenters. The van der Waals surface area contributed by atoms with Crippen LogP contribution in [0.1, 0.15) is 24.2 Å². The summed E-state index contributed by atoms with van der Waals surface area (Å²) in [6.07, 6.45) is 1.92. The summed E-state index contributed by atoms with van der Waals surface area (Å²) >= 11 is 1.58. The molecule has 1 unspecified atom stereocenters. The SMILES string of the molecule is Cc1cccc(CN2CCCC2C(=O)Nc2ccc(-c3cscn3)cc2)n1. The van der Waals surface area contributed by atoms with Crippen molar-refractivity contribution >= 4 is 22.9 Å². The molecule has 1 fully saturated rings. The van der Waals surface area contributed by atoms with Crippen LogP contribution in [0.3, 0.4) is 0 Å². The molecule has 2 aromatic heterocycles. The predicted octanol–water partition coefficient (Wildman–Crippen LogP) is 4.12. The van der Waals surface area contributed by atoms with Crippen molar-refractivity contribution in [2.45, 2.75) is 32.4 Å². The number of aryl methyl sites for hydroxylation is 1. The topological polar surface area (TPSA) is 58.1 Å². The number of pyridine rings is 1. The number of hydrogen-bond acceptors (Lipinski definition) is 5. The average molecular weight is 379 g/mol. The van der Waals surface area contributed by atoms with Gasteiger partial charge >= 0.3 is 0 Å². The van der Waals surface area contributed by atoms with Crippen molar-refractivity contribution in [1.82, 2.24) is 14.9 Å². The normalized spacial score (nSPS) is 17.1. The molecule has 4 rings (SSSR count). The van der Waals surface area contributed by atoms with E-state index in [-0.39, 0.29) is 11.9 Å². The van der Waals surface area contributed by atoms with Gasteiger partial charge in [0.25, 0.3) is 0 Å². The van der Waals surface area contributed by atoms with E-state index in [4.69, 9.17) is 0 Å². The summed E-state index contributed by atoms with van der Waals surface area (Å²) in [5.41, 5.74) is 6.69. The number of amides is 1. The summed E-state index contributed by atoms with van der Waals surface area (Å²) in [7, 11) is 0. The summed E-state index contributed by atoms with van der Waals surface area (Å²) in [5.74, 6) is 0.0570. The molecule has 0 saturated carbocycles. The third-order valence-electron chi connectivity index (χ3n) is 4.86. The predicted molar refractivity (Wildman–Crippen MR) is 109 cm³/mol. The standard InChI is InChI=1S/C21H22N4OS/c1-15-4-2-5-18(23-15)12-25-11-3-6-20(25)21(26)24-17-9-7-16(8-10-17)19-13-27-14-22-19/h2,4-5,7-10,13-14,20H,3,6,11-12H2,1H3,(H,24,26). The van der Waals surface area contributed by atoms with Gasteiger partial charge in [-0.25, -0.2) is 4.98 Å². The molecule has 3 aromatic rings. The van der Waals surface area contributed by atoms with Crippen molar-refractivity contribution in [2.24, 2.45) is 0 Å². The quantitative estimate of drug-likeness (QED) is 0.726. The molecule has 1 aromatic carbocycles. The Morgan fingerprint density at radius 2 is 2.11 bits per heavy atom. The molecule has 1 N–H and O–H groups in total. The van der Waals surface area contributed by atoms with E-state index in [0.717, 1.165) is 47.7 Å². The summed E-state index contributed by atoms with van der Waals surface area (Å²) in [6.45, 7) is 3.63. The van der Waals surface area contributed by atoms with Crippen molar-refractivity contribution < 1.29 is 4.79 Å². The number of benzene rings is 1. The van der Waals surface area contributed by atoms with Gasteiger partial charge in [0.05, 0.1) is 22.9 Å². The van der Waals surface area contributed by atoms with Gasteiger partial charge in [0.15, 0.2) is 0 Å². The van der Waals surface area contributed by atoms with Crippen LogP contribution >= 0.6 is 11.3 Å². The Morgan fingerprint density at radius 1 is 1.26 bits per heavy atom. The number of nitrogens with one attached hydrogen (secondary N) is 1. The van der Waals surface area contributed by atoms with Gasteiger partial charge in [0.2, 0.25) is 5.91 Å². The first kappa shape index (κ1) is 17.8. The van der Waals surface area contributed by atoms with E-state index < -0.39 is 0 Å². The van der Waals surface area contributed by atoms with Crippen LogP contribution in [0, 0.1) is 6.92 Å². The lowest BCUT2D eigenvalue weighted by molar-refractivity contribution is -0.120. The highest BCUT2D eigenvalue weighted by Crippen LogP contribution is 2.23. The minimum atomic E-state index is -0.106. The molecule has 138 valence electrons. The maximum atomic E-state index is 12.8. The third kappa shape index (κ3) is 4.23. The molecule has 0 bridgehead atoms. The van der Waals surface area contributed by atoms with Crippen LogP contribution in [-0.4, -0.2) is 33.4 Å². The molecule has 0 spiro atoms. The molecule has 0 radical (unpaired) electrons. The fourth-order valence-corrected chi connectivity index (χ4v) is 4.07. The number of carbonyl (C=O) groups excluding carboxylic acids is 1. The summed E-state index contributed by atoms with van der Waals surface area (Å²) < 4.78 is 0. The van der Waals surface area contributed by atoms with Crippen LogP contribution < -0.4 is 5.32 Å². The Bertz CT molecular complexity index is 908. The highest BCUT2D eigenvalue weighted by atomic mass is 32.1. The minimum Gasteiger partial charge on any atom is -0.325 e. The van der Waals surface area contributed by atoms with Crippen LogP contribution in [0.4, 0.5) is 5.69 Å². The Morgan fingerprint density at radius 3 is 2.85 bits per heavy atom. The lowest BCUT2D eigenvalue weighted by Gasteiger charge is -2.23. The van der Waals surface area contributed by atoms with Gasteiger partial charge in [0.1, 0.15) is 0 Å². The smallest absolute Gasteiger partial charge is 0.241 e. The lowest BCUT2D eigenvalue weighted by Crippen LogP contribution is -2.39. The third-order valence-corrected chi connectivity index (χ3v) is 5.44. The van der Waals surface area contributed by atoms with E-state index in [1.54, 1.807) is 11.3 Å². The van der Waals surface area contributed by atoms with Gasteiger partial charge in [-0.3, -0.25) is 14.7 Å². The molecule has 1 saturated heterocycles. The number of rotatable bonds is 5. The highest BCUT2D eigenvalue weighted by Gasteiger charge is 2.30. The molecule has 5 nitrogen and oxygen atoms in total.